The maximum absolute atomic E-state index is 12.7. The predicted octanol–water partition coefficient (Wildman–Crippen LogP) is 2.69. The molecule has 2 aromatic carbocycles. The quantitative estimate of drug-likeness (QED) is 0.693. The van der Waals surface area contributed by atoms with Gasteiger partial charge in [0, 0.05) is 18.2 Å². The second kappa shape index (κ2) is 6.63. The number of hydrogen-bond donors (Lipinski definition) is 1. The number of nitrogen functional groups attached to an aromatic ring is 1. The average Bonchev–Trinajstić information content (AvgIpc) is 2.59. The molecule has 0 bridgehead atoms. The van der Waals surface area contributed by atoms with E-state index in [1.165, 1.54) is 10.5 Å². The van der Waals surface area contributed by atoms with Gasteiger partial charge in [-0.3, -0.25) is 9.69 Å². The number of hydrogen-bond acceptors (Lipinski definition) is 4. The van der Waals surface area contributed by atoms with Crippen molar-refractivity contribution in [3.8, 4) is 11.8 Å². The zero-order valence-electron chi connectivity index (χ0n) is 13.5. The first-order valence-electron chi connectivity index (χ1n) is 7.94. The lowest BCUT2D eigenvalue weighted by molar-refractivity contribution is -0.126. The van der Waals surface area contributed by atoms with Crippen molar-refractivity contribution in [3.05, 3.63) is 53.6 Å². The van der Waals surface area contributed by atoms with Crippen LogP contribution in [-0.4, -0.2) is 18.6 Å². The minimum atomic E-state index is -0.653. The van der Waals surface area contributed by atoms with Crippen LogP contribution in [0.5, 0.6) is 5.75 Å². The van der Waals surface area contributed by atoms with Crippen LogP contribution in [0.1, 0.15) is 18.1 Å². The summed E-state index contributed by atoms with van der Waals surface area (Å²) < 4.78 is 5.88. The van der Waals surface area contributed by atoms with Gasteiger partial charge >= 0.3 is 0 Å². The largest absolute Gasteiger partial charge is 0.478 e. The van der Waals surface area contributed by atoms with Gasteiger partial charge in [-0.15, -0.1) is 0 Å². The van der Waals surface area contributed by atoms with Gasteiger partial charge in [0.05, 0.1) is 11.8 Å². The molecule has 0 saturated carbocycles. The Hall–Kier alpha value is -3.00. The topological polar surface area (TPSA) is 79.3 Å². The van der Waals surface area contributed by atoms with Crippen molar-refractivity contribution < 1.29 is 9.53 Å². The summed E-state index contributed by atoms with van der Waals surface area (Å²) in [5.74, 6) is 0.341. The van der Waals surface area contributed by atoms with Crippen molar-refractivity contribution in [3.63, 3.8) is 0 Å². The molecule has 0 aromatic heterocycles. The third-order valence-electron chi connectivity index (χ3n) is 4.17. The first-order chi connectivity index (χ1) is 11.6. The molecule has 1 aliphatic rings. The number of fused-ring (bicyclic) bond motifs is 1. The Kier molecular flexibility index (Phi) is 4.39. The Morgan fingerprint density at radius 3 is 2.58 bits per heavy atom. The molecule has 0 radical (unpaired) electrons. The van der Waals surface area contributed by atoms with E-state index in [0.29, 0.717) is 23.5 Å². The van der Waals surface area contributed by atoms with E-state index >= 15 is 0 Å². The van der Waals surface area contributed by atoms with Crippen molar-refractivity contribution in [2.75, 3.05) is 17.2 Å². The second-order valence-electron chi connectivity index (χ2n) is 5.79. The fourth-order valence-corrected chi connectivity index (χ4v) is 2.83. The van der Waals surface area contributed by atoms with Crippen LogP contribution >= 0.6 is 0 Å². The molecule has 1 heterocycles. The number of anilines is 2. The van der Waals surface area contributed by atoms with E-state index in [-0.39, 0.29) is 12.5 Å². The van der Waals surface area contributed by atoms with Gasteiger partial charge in [0.25, 0.3) is 5.91 Å². The van der Waals surface area contributed by atoms with E-state index in [9.17, 15) is 4.79 Å². The Morgan fingerprint density at radius 1 is 1.21 bits per heavy atom. The Bertz CT molecular complexity index is 793. The molecular weight excluding hydrogens is 302 g/mol. The van der Waals surface area contributed by atoms with Crippen molar-refractivity contribution in [1.82, 2.24) is 0 Å². The first kappa shape index (κ1) is 15.9. The number of amides is 1. The minimum Gasteiger partial charge on any atom is -0.478 e. The molecule has 5 nitrogen and oxygen atoms in total. The Morgan fingerprint density at radius 2 is 1.92 bits per heavy atom. The number of rotatable bonds is 4. The number of nitriles is 1. The highest BCUT2D eigenvalue weighted by Crippen LogP contribution is 2.36. The molecule has 122 valence electrons. The molecule has 1 atom stereocenters. The molecule has 0 saturated heterocycles. The van der Waals surface area contributed by atoms with E-state index in [0.717, 1.165) is 12.0 Å². The minimum absolute atomic E-state index is 0.00954. The molecule has 1 unspecified atom stereocenters. The van der Waals surface area contributed by atoms with Gasteiger partial charge < -0.3 is 10.5 Å². The zero-order valence-corrected chi connectivity index (χ0v) is 13.5. The Labute approximate surface area is 141 Å². The monoisotopic (exact) mass is 321 g/mol. The molecule has 0 fully saturated rings. The van der Waals surface area contributed by atoms with Crippen molar-refractivity contribution >= 4 is 17.3 Å². The summed E-state index contributed by atoms with van der Waals surface area (Å²) in [6.07, 6.45) is 0.779. The summed E-state index contributed by atoms with van der Waals surface area (Å²) in [5.41, 5.74) is 9.24. The molecule has 3 rings (SSSR count). The second-order valence-corrected chi connectivity index (χ2v) is 5.79. The lowest BCUT2D eigenvalue weighted by Crippen LogP contribution is -2.47. The molecule has 1 aliphatic heterocycles. The maximum atomic E-state index is 12.7. The third-order valence-corrected chi connectivity index (χ3v) is 4.17. The fraction of sp³-hybridized carbons (Fsp3) is 0.263. The van der Waals surface area contributed by atoms with E-state index < -0.39 is 6.10 Å². The third kappa shape index (κ3) is 3.04. The number of nitrogens with two attached hydrogens (primary N) is 1. The fourth-order valence-electron chi connectivity index (χ4n) is 2.83. The van der Waals surface area contributed by atoms with Crippen molar-refractivity contribution in [2.24, 2.45) is 0 Å². The molecule has 0 aliphatic carbocycles. The van der Waals surface area contributed by atoms with Gasteiger partial charge in [0.1, 0.15) is 12.3 Å². The highest BCUT2D eigenvalue weighted by molar-refractivity contribution is 6.00. The maximum Gasteiger partial charge on any atom is 0.269 e. The van der Waals surface area contributed by atoms with Crippen LogP contribution in [0, 0.1) is 11.3 Å². The van der Waals surface area contributed by atoms with Crippen molar-refractivity contribution in [2.45, 2.75) is 25.9 Å². The number of carbonyl (C=O) groups excluding carboxylic acids is 1. The van der Waals surface area contributed by atoms with Gasteiger partial charge in [0.2, 0.25) is 0 Å². The van der Waals surface area contributed by atoms with Gasteiger partial charge in [-0.05, 0) is 29.7 Å². The molecule has 2 N–H and O–H groups in total. The van der Waals surface area contributed by atoms with Gasteiger partial charge in [-0.1, -0.05) is 31.2 Å². The summed E-state index contributed by atoms with van der Waals surface area (Å²) in [6, 6.07) is 15.3. The van der Waals surface area contributed by atoms with Crippen LogP contribution in [0.15, 0.2) is 42.5 Å². The number of nitrogens with zero attached hydrogens (tertiary/aromatic N) is 2. The first-order valence-corrected chi connectivity index (χ1v) is 7.94. The summed E-state index contributed by atoms with van der Waals surface area (Å²) >= 11 is 0. The lowest BCUT2D eigenvalue weighted by Gasteiger charge is -2.33. The smallest absolute Gasteiger partial charge is 0.269 e. The number of ether oxygens (including phenoxy) is 1. The van der Waals surface area contributed by atoms with Crippen molar-refractivity contribution in [1.29, 1.82) is 5.26 Å². The van der Waals surface area contributed by atoms with Crippen LogP contribution in [0.2, 0.25) is 0 Å². The summed E-state index contributed by atoms with van der Waals surface area (Å²) in [4.78, 5) is 14.2. The van der Waals surface area contributed by atoms with E-state index in [1.54, 1.807) is 18.2 Å². The number of carbonyl (C=O) groups is 1. The van der Waals surface area contributed by atoms with E-state index in [2.05, 4.69) is 19.1 Å². The summed E-state index contributed by atoms with van der Waals surface area (Å²) in [5, 5.41) is 9.04. The van der Waals surface area contributed by atoms with E-state index in [4.69, 9.17) is 15.7 Å². The van der Waals surface area contributed by atoms with Gasteiger partial charge in [-0.2, -0.15) is 5.26 Å². The van der Waals surface area contributed by atoms with Gasteiger partial charge in [-0.25, -0.2) is 0 Å². The zero-order chi connectivity index (χ0) is 17.1. The van der Waals surface area contributed by atoms with Crippen LogP contribution in [-0.2, 0) is 17.6 Å². The van der Waals surface area contributed by atoms with Gasteiger partial charge in [0.15, 0.2) is 6.10 Å². The normalized spacial score (nSPS) is 16.2. The molecular formula is C19H19N3O2. The predicted molar refractivity (Wildman–Crippen MR) is 92.8 cm³/mol. The SMILES string of the molecule is CCc1ccc(CC2Oc3cc(N)ccc3N(CC#N)C2=O)cc1. The highest BCUT2D eigenvalue weighted by atomic mass is 16.5. The van der Waals surface area contributed by atoms with Crippen LogP contribution in [0.4, 0.5) is 11.4 Å². The van der Waals surface area contributed by atoms with Crippen LogP contribution in [0.25, 0.3) is 0 Å². The van der Waals surface area contributed by atoms with Crippen LogP contribution in [0.3, 0.4) is 0 Å². The number of aryl methyl sites for hydroxylation is 1. The molecule has 24 heavy (non-hydrogen) atoms. The standard InChI is InChI=1S/C19H19N3O2/c1-2-13-3-5-14(6-4-13)11-18-19(23)22(10-9-20)16-8-7-15(21)12-17(16)24-18/h3-8,12,18H,2,10-11,21H2,1H3. The number of benzene rings is 2. The molecule has 5 heteroatoms. The van der Waals surface area contributed by atoms with Crippen LogP contribution < -0.4 is 15.4 Å². The lowest BCUT2D eigenvalue weighted by atomic mass is 10.0. The van der Waals surface area contributed by atoms with E-state index in [1.807, 2.05) is 18.2 Å². The molecule has 2 aromatic rings. The summed E-state index contributed by atoms with van der Waals surface area (Å²) in [7, 11) is 0. The Balaban J connectivity index is 1.88. The molecule has 1 amide bonds. The average molecular weight is 321 g/mol. The highest BCUT2D eigenvalue weighted by Gasteiger charge is 2.34. The molecule has 0 spiro atoms. The summed E-state index contributed by atoms with van der Waals surface area (Å²) in [6.45, 7) is 2.09.